The van der Waals surface area contributed by atoms with E-state index in [0.29, 0.717) is 54.9 Å². The lowest BCUT2D eigenvalue weighted by Gasteiger charge is -2.36. The van der Waals surface area contributed by atoms with Crippen LogP contribution in [0.4, 0.5) is 11.6 Å². The molecule has 1 saturated heterocycles. The molecule has 36 heavy (non-hydrogen) atoms. The van der Waals surface area contributed by atoms with Crippen molar-refractivity contribution in [2.75, 3.05) is 36.4 Å². The summed E-state index contributed by atoms with van der Waals surface area (Å²) in [4.78, 5) is 34.9. The molecule has 1 fully saturated rings. The fourth-order valence-electron chi connectivity index (χ4n) is 4.43. The number of halogens is 1. The molecule has 5 rings (SSSR count). The summed E-state index contributed by atoms with van der Waals surface area (Å²) in [5, 5.41) is 3.98. The van der Waals surface area contributed by atoms with Crippen LogP contribution < -0.4 is 21.5 Å². The van der Waals surface area contributed by atoms with Gasteiger partial charge in [0, 0.05) is 50.4 Å². The maximum absolute atomic E-state index is 13.2. The maximum Gasteiger partial charge on any atom is 0.332 e. The van der Waals surface area contributed by atoms with Gasteiger partial charge in [-0.3, -0.25) is 18.5 Å². The summed E-state index contributed by atoms with van der Waals surface area (Å²) in [7, 11) is 3.15. The second-order valence-electron chi connectivity index (χ2n) is 8.77. The van der Waals surface area contributed by atoms with Gasteiger partial charge < -0.3 is 15.1 Å². The third-order valence-corrected chi connectivity index (χ3v) is 7.35. The number of aromatic nitrogens is 4. The Bertz CT molecular complexity index is 1540. The van der Waals surface area contributed by atoms with Crippen LogP contribution in [-0.2, 0) is 20.6 Å². The number of rotatable bonds is 4. The van der Waals surface area contributed by atoms with E-state index < -0.39 is 5.69 Å². The Balaban J connectivity index is 1.46. The monoisotopic (exact) mass is 567 g/mol. The lowest BCUT2D eigenvalue weighted by atomic mass is 10.2. The molecule has 0 radical (unpaired) electrons. The fourth-order valence-corrected chi connectivity index (χ4v) is 5.00. The topological polar surface area (TPSA) is 80.3 Å². The third-order valence-electron chi connectivity index (χ3n) is 6.46. The smallest absolute Gasteiger partial charge is 0.332 e. The highest BCUT2D eigenvalue weighted by atomic mass is 79.9. The zero-order valence-corrected chi connectivity index (χ0v) is 22.4. The molecule has 1 aliphatic rings. The van der Waals surface area contributed by atoms with Crippen molar-refractivity contribution in [2.24, 2.45) is 14.1 Å². The molecule has 0 spiro atoms. The maximum atomic E-state index is 13.2. The lowest BCUT2D eigenvalue weighted by molar-refractivity contribution is 0.386. The van der Waals surface area contributed by atoms with E-state index >= 15 is 0 Å². The van der Waals surface area contributed by atoms with Gasteiger partial charge in [-0.2, -0.15) is 4.98 Å². The number of hydrogen-bond donors (Lipinski definition) is 1. The van der Waals surface area contributed by atoms with Gasteiger partial charge in [-0.05, 0) is 42.0 Å². The van der Waals surface area contributed by atoms with Gasteiger partial charge >= 0.3 is 5.69 Å². The van der Waals surface area contributed by atoms with Gasteiger partial charge in [-0.25, -0.2) is 4.79 Å². The van der Waals surface area contributed by atoms with Gasteiger partial charge in [0.15, 0.2) is 16.3 Å². The Kier molecular flexibility index (Phi) is 6.67. The summed E-state index contributed by atoms with van der Waals surface area (Å²) in [6, 6.07) is 17.8. The van der Waals surface area contributed by atoms with E-state index in [1.165, 1.54) is 11.6 Å². The van der Waals surface area contributed by atoms with Crippen molar-refractivity contribution in [3.05, 3.63) is 85.5 Å². The number of fused-ring (bicyclic) bond motifs is 1. The van der Waals surface area contributed by atoms with E-state index in [1.54, 1.807) is 7.05 Å². The average molecular weight is 569 g/mol. The molecule has 2 aromatic heterocycles. The SMILES string of the molecule is Cn1c(=O)c2c(nc(N3CCN(C(=S)Nc4ccccc4)CC3)n2Cc2ccc(Br)cc2)n(C)c1=O. The number of aryl methyl sites for hydroxylation is 1. The number of imidazole rings is 1. The first kappa shape index (κ1) is 24.3. The van der Waals surface area contributed by atoms with Crippen LogP contribution in [0.2, 0.25) is 0 Å². The first-order valence-corrected chi connectivity index (χ1v) is 12.8. The van der Waals surface area contributed by atoms with Gasteiger partial charge in [0.2, 0.25) is 5.95 Å². The minimum Gasteiger partial charge on any atom is -0.345 e. The third kappa shape index (κ3) is 4.56. The Morgan fingerprint density at radius 1 is 0.972 bits per heavy atom. The summed E-state index contributed by atoms with van der Waals surface area (Å²) in [5.74, 6) is 0.674. The number of benzene rings is 2. The minimum absolute atomic E-state index is 0.351. The van der Waals surface area contributed by atoms with Crippen molar-refractivity contribution in [1.82, 2.24) is 23.6 Å². The van der Waals surface area contributed by atoms with Crippen LogP contribution in [0, 0.1) is 0 Å². The first-order valence-electron chi connectivity index (χ1n) is 11.6. The molecule has 0 atom stereocenters. The van der Waals surface area contributed by atoms with Crippen LogP contribution >= 0.6 is 28.1 Å². The van der Waals surface area contributed by atoms with Gasteiger partial charge in [-0.1, -0.05) is 46.3 Å². The predicted octanol–water partition coefficient (Wildman–Crippen LogP) is 2.76. The van der Waals surface area contributed by atoms with E-state index in [-0.39, 0.29) is 5.56 Å². The van der Waals surface area contributed by atoms with Crippen LogP contribution in [0.25, 0.3) is 11.2 Å². The molecule has 9 nitrogen and oxygen atoms in total. The molecule has 0 unspecified atom stereocenters. The number of nitrogens with zero attached hydrogens (tertiary/aromatic N) is 6. The number of para-hydroxylation sites is 1. The van der Waals surface area contributed by atoms with Crippen molar-refractivity contribution < 1.29 is 0 Å². The van der Waals surface area contributed by atoms with Gasteiger partial charge in [-0.15, -0.1) is 0 Å². The Morgan fingerprint density at radius 2 is 1.64 bits per heavy atom. The molecule has 1 aliphatic heterocycles. The second kappa shape index (κ2) is 9.90. The molecule has 1 N–H and O–H groups in total. The highest BCUT2D eigenvalue weighted by molar-refractivity contribution is 9.10. The second-order valence-corrected chi connectivity index (χ2v) is 10.1. The lowest BCUT2D eigenvalue weighted by Crippen LogP contribution is -2.50. The van der Waals surface area contributed by atoms with E-state index in [1.807, 2.05) is 59.2 Å². The molecule has 3 heterocycles. The molecule has 0 saturated carbocycles. The summed E-state index contributed by atoms with van der Waals surface area (Å²) in [6.07, 6.45) is 0. The van der Waals surface area contributed by atoms with E-state index in [2.05, 4.69) is 31.0 Å². The summed E-state index contributed by atoms with van der Waals surface area (Å²) >= 11 is 9.12. The highest BCUT2D eigenvalue weighted by Gasteiger charge is 2.26. The fraction of sp³-hybridized carbons (Fsp3) is 0.280. The quantitative estimate of drug-likeness (QED) is 0.380. The molecule has 0 aliphatic carbocycles. The van der Waals surface area contributed by atoms with E-state index in [9.17, 15) is 9.59 Å². The van der Waals surface area contributed by atoms with Crippen LogP contribution in [0.1, 0.15) is 5.56 Å². The van der Waals surface area contributed by atoms with E-state index in [4.69, 9.17) is 17.2 Å². The normalized spacial score (nSPS) is 13.9. The van der Waals surface area contributed by atoms with Crippen molar-refractivity contribution in [1.29, 1.82) is 0 Å². The zero-order valence-electron chi connectivity index (χ0n) is 20.0. The van der Waals surface area contributed by atoms with Gasteiger partial charge in [0.25, 0.3) is 5.56 Å². The molecule has 11 heteroatoms. The summed E-state index contributed by atoms with van der Waals surface area (Å²) < 4.78 is 5.48. The molecule has 2 aromatic carbocycles. The number of thiocarbonyl (C=S) groups is 1. The minimum atomic E-state index is -0.394. The first-order chi connectivity index (χ1) is 17.3. The molecule has 0 bridgehead atoms. The molecular weight excluding hydrogens is 542 g/mol. The van der Waals surface area contributed by atoms with Crippen LogP contribution in [-0.4, -0.2) is 54.9 Å². The molecule has 4 aromatic rings. The van der Waals surface area contributed by atoms with Crippen molar-refractivity contribution >= 4 is 56.1 Å². The summed E-state index contributed by atoms with van der Waals surface area (Å²) in [5.41, 5.74) is 2.05. The zero-order chi connectivity index (χ0) is 25.4. The summed E-state index contributed by atoms with van der Waals surface area (Å²) in [6.45, 7) is 3.22. The standard InChI is InChI=1S/C25H26BrN7O2S/c1-29-21-20(22(34)30(2)25(29)35)33(16-17-8-10-18(26)11-9-17)23(28-21)31-12-14-32(15-13-31)24(36)27-19-6-4-3-5-7-19/h3-11H,12-16H2,1-2H3,(H,27,36). The Labute approximate surface area is 221 Å². The Morgan fingerprint density at radius 3 is 2.31 bits per heavy atom. The predicted molar refractivity (Wildman–Crippen MR) is 150 cm³/mol. The number of hydrogen-bond acceptors (Lipinski definition) is 5. The van der Waals surface area contributed by atoms with Crippen LogP contribution in [0.3, 0.4) is 0 Å². The van der Waals surface area contributed by atoms with Crippen LogP contribution in [0.15, 0.2) is 68.7 Å². The molecule has 186 valence electrons. The largest absolute Gasteiger partial charge is 0.345 e. The average Bonchev–Trinajstić information content (AvgIpc) is 3.27. The van der Waals surface area contributed by atoms with Gasteiger partial charge in [0.05, 0.1) is 6.54 Å². The van der Waals surface area contributed by atoms with Crippen molar-refractivity contribution in [2.45, 2.75) is 6.54 Å². The van der Waals surface area contributed by atoms with E-state index in [0.717, 1.165) is 20.3 Å². The molecular formula is C25H26BrN7O2S. The van der Waals surface area contributed by atoms with Gasteiger partial charge in [0.1, 0.15) is 0 Å². The van der Waals surface area contributed by atoms with Crippen molar-refractivity contribution in [3.63, 3.8) is 0 Å². The Hall–Kier alpha value is -3.44. The molecule has 0 amide bonds. The number of anilines is 2. The number of nitrogens with one attached hydrogen (secondary N) is 1. The van der Waals surface area contributed by atoms with Crippen molar-refractivity contribution in [3.8, 4) is 0 Å². The van der Waals surface area contributed by atoms with Crippen LogP contribution in [0.5, 0.6) is 0 Å². The number of piperazine rings is 1. The highest BCUT2D eigenvalue weighted by Crippen LogP contribution is 2.23.